The maximum Gasteiger partial charge on any atom is 0.260 e. The van der Waals surface area contributed by atoms with E-state index in [0.29, 0.717) is 29.8 Å². The van der Waals surface area contributed by atoms with E-state index in [4.69, 9.17) is 22.1 Å². The predicted molar refractivity (Wildman–Crippen MR) is 84.7 cm³/mol. The minimum absolute atomic E-state index is 0.0829. The van der Waals surface area contributed by atoms with E-state index in [2.05, 4.69) is 5.32 Å². The lowest BCUT2D eigenvalue weighted by Gasteiger charge is -2.20. The molecule has 1 aliphatic rings. The summed E-state index contributed by atoms with van der Waals surface area (Å²) in [5.74, 6) is 0.485. The van der Waals surface area contributed by atoms with Crippen LogP contribution in [0.4, 0.5) is 0 Å². The number of rotatable bonds is 6. The minimum atomic E-state index is -0.568. The Balaban J connectivity index is 2.01. The molecule has 0 aliphatic heterocycles. The van der Waals surface area contributed by atoms with Crippen LogP contribution in [0.15, 0.2) is 18.2 Å². The van der Waals surface area contributed by atoms with Crippen LogP contribution in [-0.4, -0.2) is 24.6 Å². The topological polar surface area (TPSA) is 64.3 Å². The number of ether oxygens (including phenoxy) is 1. The van der Waals surface area contributed by atoms with Crippen molar-refractivity contribution in [2.24, 2.45) is 5.73 Å². The van der Waals surface area contributed by atoms with Crippen molar-refractivity contribution in [1.29, 1.82) is 0 Å². The average Bonchev–Trinajstić information content (AvgIpc) is 2.95. The zero-order valence-corrected chi connectivity index (χ0v) is 13.2. The number of hydrogen-bond acceptors (Lipinski definition) is 3. The fraction of sp³-hybridized carbons (Fsp3) is 0.562. The van der Waals surface area contributed by atoms with Crippen molar-refractivity contribution in [1.82, 2.24) is 5.32 Å². The summed E-state index contributed by atoms with van der Waals surface area (Å²) in [6.45, 7) is 2.26. The van der Waals surface area contributed by atoms with Crippen LogP contribution in [0.5, 0.6) is 5.75 Å². The van der Waals surface area contributed by atoms with Crippen LogP contribution < -0.4 is 15.8 Å². The molecule has 3 N–H and O–H groups in total. The Labute approximate surface area is 131 Å². The highest BCUT2D eigenvalue weighted by Crippen LogP contribution is 2.30. The Hall–Kier alpha value is -1.26. The van der Waals surface area contributed by atoms with Crippen molar-refractivity contribution >= 4 is 17.5 Å². The molecule has 1 fully saturated rings. The second kappa shape index (κ2) is 7.66. The van der Waals surface area contributed by atoms with Gasteiger partial charge in [0.15, 0.2) is 6.10 Å². The maximum absolute atomic E-state index is 12.2. The molecule has 5 heteroatoms. The first-order chi connectivity index (χ1) is 10.1. The summed E-state index contributed by atoms with van der Waals surface area (Å²) in [5.41, 5.74) is 6.54. The number of amides is 1. The van der Waals surface area contributed by atoms with Gasteiger partial charge in [-0.25, -0.2) is 0 Å². The third-order valence-electron chi connectivity index (χ3n) is 3.83. The van der Waals surface area contributed by atoms with E-state index >= 15 is 0 Å². The molecule has 1 aromatic carbocycles. The molecule has 1 unspecified atom stereocenters. The molecule has 1 saturated carbocycles. The van der Waals surface area contributed by atoms with Crippen molar-refractivity contribution < 1.29 is 9.53 Å². The third-order valence-corrected chi connectivity index (χ3v) is 4.13. The highest BCUT2D eigenvalue weighted by atomic mass is 35.5. The van der Waals surface area contributed by atoms with E-state index in [-0.39, 0.29) is 5.91 Å². The van der Waals surface area contributed by atoms with E-state index in [9.17, 15) is 4.79 Å². The van der Waals surface area contributed by atoms with Crippen molar-refractivity contribution in [3.05, 3.63) is 28.8 Å². The molecule has 0 heterocycles. The molecule has 0 saturated heterocycles. The molecule has 4 nitrogen and oxygen atoms in total. The first kappa shape index (κ1) is 16.1. The summed E-state index contributed by atoms with van der Waals surface area (Å²) < 4.78 is 5.80. The zero-order chi connectivity index (χ0) is 15.2. The lowest BCUT2D eigenvalue weighted by Crippen LogP contribution is -2.41. The number of nitrogens with two attached hydrogens (primary N) is 1. The lowest BCUT2D eigenvalue weighted by atomic mass is 10.1. The second-order valence-electron chi connectivity index (χ2n) is 5.52. The first-order valence-corrected chi connectivity index (χ1v) is 7.94. The number of nitrogens with one attached hydrogen (secondary N) is 1. The van der Waals surface area contributed by atoms with Gasteiger partial charge in [-0.15, -0.1) is 0 Å². The van der Waals surface area contributed by atoms with Gasteiger partial charge in [0.2, 0.25) is 0 Å². The molecule has 0 radical (unpaired) electrons. The normalized spacial score (nSPS) is 16.7. The molecule has 0 bridgehead atoms. The van der Waals surface area contributed by atoms with Crippen LogP contribution in [0.25, 0.3) is 0 Å². The van der Waals surface area contributed by atoms with Gasteiger partial charge in [0.25, 0.3) is 5.91 Å². The van der Waals surface area contributed by atoms with E-state index in [0.717, 1.165) is 18.4 Å². The van der Waals surface area contributed by atoms with Crippen molar-refractivity contribution in [2.75, 3.05) is 6.54 Å². The zero-order valence-electron chi connectivity index (χ0n) is 12.4. The van der Waals surface area contributed by atoms with Gasteiger partial charge in [-0.05, 0) is 44.4 Å². The Morgan fingerprint density at radius 1 is 1.48 bits per heavy atom. The number of carbonyl (C=O) groups excluding carboxylic acids is 1. The molecule has 21 heavy (non-hydrogen) atoms. The standard InChI is InChI=1S/C16H23ClN2O2/c1-11(16(20)19-13-6-2-3-7-13)21-15-12(9-10-18)5-4-8-14(15)17/h4-5,8,11,13H,2-3,6-7,9-10,18H2,1H3,(H,19,20). The molecule has 0 aromatic heterocycles. The number of benzene rings is 1. The molecule has 1 atom stereocenters. The Morgan fingerprint density at radius 2 is 2.19 bits per heavy atom. The fourth-order valence-corrected chi connectivity index (χ4v) is 2.90. The molecule has 0 spiro atoms. The molecule has 1 aromatic rings. The second-order valence-corrected chi connectivity index (χ2v) is 5.92. The summed E-state index contributed by atoms with van der Waals surface area (Å²) in [4.78, 5) is 12.2. The Bertz CT molecular complexity index is 487. The minimum Gasteiger partial charge on any atom is -0.479 e. The van der Waals surface area contributed by atoms with Gasteiger partial charge in [-0.3, -0.25) is 4.79 Å². The summed E-state index contributed by atoms with van der Waals surface area (Å²) in [6, 6.07) is 5.84. The van der Waals surface area contributed by atoms with Gasteiger partial charge in [0.1, 0.15) is 5.75 Å². The quantitative estimate of drug-likeness (QED) is 0.849. The smallest absolute Gasteiger partial charge is 0.260 e. The number of carbonyl (C=O) groups is 1. The van der Waals surface area contributed by atoms with Crippen LogP contribution in [0.2, 0.25) is 5.02 Å². The van der Waals surface area contributed by atoms with E-state index in [1.54, 1.807) is 13.0 Å². The number of halogens is 1. The van der Waals surface area contributed by atoms with E-state index in [1.807, 2.05) is 12.1 Å². The molecule has 2 rings (SSSR count). The maximum atomic E-state index is 12.2. The highest BCUT2D eigenvalue weighted by molar-refractivity contribution is 6.32. The van der Waals surface area contributed by atoms with Crippen LogP contribution in [0.3, 0.4) is 0 Å². The van der Waals surface area contributed by atoms with Crippen LogP contribution >= 0.6 is 11.6 Å². The molecule has 1 amide bonds. The Kier molecular flexibility index (Phi) is 5.88. The van der Waals surface area contributed by atoms with Gasteiger partial charge in [-0.1, -0.05) is 36.6 Å². The number of para-hydroxylation sites is 1. The Morgan fingerprint density at radius 3 is 2.86 bits per heavy atom. The van der Waals surface area contributed by atoms with Gasteiger partial charge >= 0.3 is 0 Å². The van der Waals surface area contributed by atoms with Gasteiger partial charge in [-0.2, -0.15) is 0 Å². The summed E-state index contributed by atoms with van der Waals surface area (Å²) in [7, 11) is 0. The number of hydrogen-bond donors (Lipinski definition) is 2. The first-order valence-electron chi connectivity index (χ1n) is 7.56. The molecule has 1 aliphatic carbocycles. The lowest BCUT2D eigenvalue weighted by molar-refractivity contribution is -0.127. The summed E-state index contributed by atoms with van der Waals surface area (Å²) >= 11 is 6.19. The molecular formula is C16H23ClN2O2. The van der Waals surface area contributed by atoms with Crippen molar-refractivity contribution in [2.45, 2.75) is 51.2 Å². The fourth-order valence-electron chi connectivity index (χ4n) is 2.66. The van der Waals surface area contributed by atoms with Crippen LogP contribution in [-0.2, 0) is 11.2 Å². The van der Waals surface area contributed by atoms with E-state index in [1.165, 1.54) is 12.8 Å². The van der Waals surface area contributed by atoms with Crippen molar-refractivity contribution in [3.63, 3.8) is 0 Å². The van der Waals surface area contributed by atoms with Gasteiger partial charge < -0.3 is 15.8 Å². The van der Waals surface area contributed by atoms with Crippen LogP contribution in [0, 0.1) is 0 Å². The third kappa shape index (κ3) is 4.35. The van der Waals surface area contributed by atoms with Crippen molar-refractivity contribution in [3.8, 4) is 5.75 Å². The predicted octanol–water partition coefficient (Wildman–Crippen LogP) is 2.67. The van der Waals surface area contributed by atoms with E-state index < -0.39 is 6.10 Å². The summed E-state index contributed by atoms with van der Waals surface area (Å²) in [6.07, 6.45) is 4.59. The highest BCUT2D eigenvalue weighted by Gasteiger charge is 2.22. The van der Waals surface area contributed by atoms with Gasteiger partial charge in [0, 0.05) is 6.04 Å². The van der Waals surface area contributed by atoms with Crippen LogP contribution in [0.1, 0.15) is 38.2 Å². The van der Waals surface area contributed by atoms with Gasteiger partial charge in [0.05, 0.1) is 5.02 Å². The monoisotopic (exact) mass is 310 g/mol. The largest absolute Gasteiger partial charge is 0.479 e. The molecular weight excluding hydrogens is 288 g/mol. The SMILES string of the molecule is CC(Oc1c(Cl)cccc1CCN)C(=O)NC1CCCC1. The summed E-state index contributed by atoms with van der Waals surface area (Å²) in [5, 5.41) is 3.55. The molecule has 116 valence electrons. The average molecular weight is 311 g/mol.